The first-order chi connectivity index (χ1) is 6.45. The fourth-order valence-corrected chi connectivity index (χ4v) is 1.60. The van der Waals surface area contributed by atoms with Crippen LogP contribution in [0.3, 0.4) is 0 Å². The number of ether oxygens (including phenoxy) is 1. The van der Waals surface area contributed by atoms with Crippen molar-refractivity contribution in [3.05, 3.63) is 0 Å². The molecular formula is C10H19NO3. The summed E-state index contributed by atoms with van der Waals surface area (Å²) in [7, 11) is 0. The maximum Gasteiger partial charge on any atom is 0.320 e. The van der Waals surface area contributed by atoms with Gasteiger partial charge in [-0.1, -0.05) is 6.92 Å². The van der Waals surface area contributed by atoms with Crippen molar-refractivity contribution in [2.45, 2.75) is 38.9 Å². The van der Waals surface area contributed by atoms with Gasteiger partial charge in [0.15, 0.2) is 0 Å². The minimum absolute atomic E-state index is 0.0613. The monoisotopic (exact) mass is 201 g/mol. The van der Waals surface area contributed by atoms with Gasteiger partial charge in [-0.3, -0.25) is 9.69 Å². The molecule has 1 aliphatic rings. The molecule has 1 N–H and O–H groups in total. The highest BCUT2D eigenvalue weighted by atomic mass is 16.5. The summed E-state index contributed by atoms with van der Waals surface area (Å²) in [5.41, 5.74) is -0.571. The van der Waals surface area contributed by atoms with E-state index in [4.69, 9.17) is 4.74 Å². The van der Waals surface area contributed by atoms with E-state index in [0.29, 0.717) is 19.6 Å². The second kappa shape index (κ2) is 4.28. The molecule has 4 nitrogen and oxygen atoms in total. The molecule has 0 spiro atoms. The topological polar surface area (TPSA) is 49.8 Å². The second-order valence-corrected chi connectivity index (χ2v) is 4.26. The van der Waals surface area contributed by atoms with Gasteiger partial charge in [0.05, 0.1) is 18.2 Å². The maximum absolute atomic E-state index is 11.2. The fourth-order valence-electron chi connectivity index (χ4n) is 1.60. The third kappa shape index (κ3) is 2.96. The molecule has 1 saturated heterocycles. The van der Waals surface area contributed by atoms with E-state index in [0.717, 1.165) is 6.42 Å². The Labute approximate surface area is 84.8 Å². The number of hydrogen-bond donors (Lipinski definition) is 1. The van der Waals surface area contributed by atoms with Crippen LogP contribution in [0.25, 0.3) is 0 Å². The molecule has 0 radical (unpaired) electrons. The number of β-amino-alcohol motifs (C(OH)–C–C–N with tert-alkyl or cyclic N) is 1. The number of rotatable bonds is 4. The summed E-state index contributed by atoms with van der Waals surface area (Å²) in [6.07, 6.45) is 0.678. The van der Waals surface area contributed by atoms with Gasteiger partial charge in [-0.25, -0.2) is 0 Å². The zero-order valence-electron chi connectivity index (χ0n) is 9.12. The zero-order chi connectivity index (χ0) is 10.8. The van der Waals surface area contributed by atoms with E-state index in [1.807, 2.05) is 25.7 Å². The van der Waals surface area contributed by atoms with E-state index in [1.165, 1.54) is 0 Å². The number of carbonyl (C=O) groups excluding carboxylic acids is 1. The van der Waals surface area contributed by atoms with E-state index in [1.54, 1.807) is 0 Å². The van der Waals surface area contributed by atoms with Gasteiger partial charge in [-0.2, -0.15) is 0 Å². The second-order valence-electron chi connectivity index (χ2n) is 4.26. The van der Waals surface area contributed by atoms with Crippen molar-refractivity contribution in [3.8, 4) is 0 Å². The predicted octanol–water partition coefficient (Wildman–Crippen LogP) is 0.395. The van der Waals surface area contributed by atoms with Crippen LogP contribution in [0.4, 0.5) is 0 Å². The van der Waals surface area contributed by atoms with Crippen LogP contribution in [-0.4, -0.2) is 47.3 Å². The minimum atomic E-state index is -0.571. The summed E-state index contributed by atoms with van der Waals surface area (Å²) in [5.74, 6) is -0.210. The SMILES string of the molecule is CCC1(O)CN(CC(=O)OC(C)C)C1. The first kappa shape index (κ1) is 11.5. The summed E-state index contributed by atoms with van der Waals surface area (Å²) in [6.45, 7) is 7.06. The van der Waals surface area contributed by atoms with Gasteiger partial charge in [-0.15, -0.1) is 0 Å². The van der Waals surface area contributed by atoms with Crippen molar-refractivity contribution < 1.29 is 14.6 Å². The Kier molecular flexibility index (Phi) is 3.50. The van der Waals surface area contributed by atoms with Crippen LogP contribution in [0.1, 0.15) is 27.2 Å². The lowest BCUT2D eigenvalue weighted by Crippen LogP contribution is -2.62. The number of likely N-dealkylation sites (tertiary alicyclic amines) is 1. The Morgan fingerprint density at radius 2 is 2.14 bits per heavy atom. The Bertz CT molecular complexity index is 209. The molecule has 0 unspecified atom stereocenters. The summed E-state index contributed by atoms with van der Waals surface area (Å²) in [5, 5.41) is 9.69. The van der Waals surface area contributed by atoms with Crippen LogP contribution in [-0.2, 0) is 9.53 Å². The van der Waals surface area contributed by atoms with E-state index < -0.39 is 5.60 Å². The fraction of sp³-hybridized carbons (Fsp3) is 0.900. The molecule has 82 valence electrons. The van der Waals surface area contributed by atoms with Crippen molar-refractivity contribution in [2.24, 2.45) is 0 Å². The molecule has 1 rings (SSSR count). The average molecular weight is 201 g/mol. The van der Waals surface area contributed by atoms with Crippen LogP contribution in [0.5, 0.6) is 0 Å². The summed E-state index contributed by atoms with van der Waals surface area (Å²) in [6, 6.07) is 0. The maximum atomic E-state index is 11.2. The molecule has 0 aromatic carbocycles. The lowest BCUT2D eigenvalue weighted by molar-refractivity contribution is -0.156. The van der Waals surface area contributed by atoms with Crippen LogP contribution >= 0.6 is 0 Å². The molecule has 1 aliphatic heterocycles. The number of carbonyl (C=O) groups is 1. The number of esters is 1. The highest BCUT2D eigenvalue weighted by Crippen LogP contribution is 2.23. The zero-order valence-corrected chi connectivity index (χ0v) is 9.12. The molecule has 0 aromatic rings. The summed E-state index contributed by atoms with van der Waals surface area (Å²) < 4.78 is 5.00. The normalized spacial score (nSPS) is 20.6. The van der Waals surface area contributed by atoms with Gasteiger partial charge in [0.25, 0.3) is 0 Å². The van der Waals surface area contributed by atoms with Gasteiger partial charge in [0.1, 0.15) is 0 Å². The first-order valence-corrected chi connectivity index (χ1v) is 5.09. The average Bonchev–Trinajstić information content (AvgIpc) is 1.99. The van der Waals surface area contributed by atoms with Crippen LogP contribution in [0.15, 0.2) is 0 Å². The van der Waals surface area contributed by atoms with Crippen molar-refractivity contribution in [2.75, 3.05) is 19.6 Å². The largest absolute Gasteiger partial charge is 0.462 e. The van der Waals surface area contributed by atoms with Crippen molar-refractivity contribution in [1.29, 1.82) is 0 Å². The molecular weight excluding hydrogens is 182 g/mol. The summed E-state index contributed by atoms with van der Waals surface area (Å²) >= 11 is 0. The number of aliphatic hydroxyl groups is 1. The van der Waals surface area contributed by atoms with Crippen molar-refractivity contribution in [3.63, 3.8) is 0 Å². The Balaban J connectivity index is 2.19. The van der Waals surface area contributed by atoms with E-state index in [2.05, 4.69) is 0 Å². The van der Waals surface area contributed by atoms with E-state index in [-0.39, 0.29) is 12.1 Å². The molecule has 0 aromatic heterocycles. The molecule has 14 heavy (non-hydrogen) atoms. The standard InChI is InChI=1S/C10H19NO3/c1-4-10(13)6-11(7-10)5-9(12)14-8(2)3/h8,13H,4-7H2,1-3H3. The Morgan fingerprint density at radius 1 is 1.57 bits per heavy atom. The molecule has 0 bridgehead atoms. The van der Waals surface area contributed by atoms with Gasteiger partial charge in [0.2, 0.25) is 0 Å². The third-order valence-corrected chi connectivity index (χ3v) is 2.41. The quantitative estimate of drug-likeness (QED) is 0.669. The molecule has 0 saturated carbocycles. The van der Waals surface area contributed by atoms with Gasteiger partial charge < -0.3 is 9.84 Å². The van der Waals surface area contributed by atoms with Gasteiger partial charge in [-0.05, 0) is 20.3 Å². The van der Waals surface area contributed by atoms with E-state index >= 15 is 0 Å². The molecule has 0 atom stereocenters. The highest BCUT2D eigenvalue weighted by Gasteiger charge is 2.40. The Morgan fingerprint density at radius 3 is 2.57 bits per heavy atom. The summed E-state index contributed by atoms with van der Waals surface area (Å²) in [4.78, 5) is 13.1. The van der Waals surface area contributed by atoms with E-state index in [9.17, 15) is 9.90 Å². The smallest absolute Gasteiger partial charge is 0.320 e. The molecule has 4 heteroatoms. The van der Waals surface area contributed by atoms with Crippen LogP contribution in [0.2, 0.25) is 0 Å². The lowest BCUT2D eigenvalue weighted by atomic mass is 9.91. The number of nitrogens with zero attached hydrogens (tertiary/aromatic N) is 1. The molecule has 1 heterocycles. The van der Waals surface area contributed by atoms with Crippen molar-refractivity contribution >= 4 is 5.97 Å². The van der Waals surface area contributed by atoms with Crippen LogP contribution < -0.4 is 0 Å². The van der Waals surface area contributed by atoms with Gasteiger partial charge in [0, 0.05) is 13.1 Å². The Hall–Kier alpha value is -0.610. The predicted molar refractivity (Wildman–Crippen MR) is 52.9 cm³/mol. The van der Waals surface area contributed by atoms with Crippen molar-refractivity contribution in [1.82, 2.24) is 4.90 Å². The highest BCUT2D eigenvalue weighted by molar-refractivity contribution is 5.72. The number of hydrogen-bond acceptors (Lipinski definition) is 4. The minimum Gasteiger partial charge on any atom is -0.462 e. The van der Waals surface area contributed by atoms with Gasteiger partial charge >= 0.3 is 5.97 Å². The molecule has 0 aliphatic carbocycles. The first-order valence-electron chi connectivity index (χ1n) is 5.09. The molecule has 1 fully saturated rings. The third-order valence-electron chi connectivity index (χ3n) is 2.41. The van der Waals surface area contributed by atoms with Crippen LogP contribution in [0, 0.1) is 0 Å². The lowest BCUT2D eigenvalue weighted by Gasteiger charge is -2.45. The molecule has 0 amide bonds.